The SMILES string of the molecule is C1=C=C(S(C2=CCC=CC([Si](c3ccccc3)(c3ccccc3)c3ccccc3)=C2)(c2c#cccc2)c2ccccc2)C=CC=1. The highest BCUT2D eigenvalue weighted by molar-refractivity contribution is 8.40. The van der Waals surface area contributed by atoms with E-state index in [4.69, 9.17) is 0 Å². The van der Waals surface area contributed by atoms with Gasteiger partial charge in [0.1, 0.15) is 0 Å². The second kappa shape index (κ2) is 12.8. The molecule has 0 fully saturated rings. The molecule has 0 aliphatic heterocycles. The van der Waals surface area contributed by atoms with Crippen molar-refractivity contribution in [2.24, 2.45) is 0 Å². The number of benzene rings is 4. The molecule has 7 rings (SSSR count). The molecule has 5 aromatic rings. The molecule has 1 atom stereocenters. The lowest BCUT2D eigenvalue weighted by Gasteiger charge is -2.42. The predicted octanol–water partition coefficient (Wildman–Crippen LogP) is 8.75. The molecule has 1 unspecified atom stereocenters. The summed E-state index contributed by atoms with van der Waals surface area (Å²) in [6.45, 7) is 0. The highest BCUT2D eigenvalue weighted by Crippen LogP contribution is 2.73. The minimum Gasteiger partial charge on any atom is -0.118 e. The molecule has 0 saturated carbocycles. The van der Waals surface area contributed by atoms with E-state index in [2.05, 4.69) is 194 Å². The number of hydrogen-bond donors (Lipinski definition) is 0. The minimum absolute atomic E-state index is 0.826. The van der Waals surface area contributed by atoms with Crippen molar-refractivity contribution in [2.75, 3.05) is 0 Å². The molecule has 45 heavy (non-hydrogen) atoms. The Bertz CT molecular complexity index is 1870. The van der Waals surface area contributed by atoms with Crippen LogP contribution in [0.3, 0.4) is 0 Å². The van der Waals surface area contributed by atoms with E-state index in [1.54, 1.807) is 0 Å². The lowest BCUT2D eigenvalue weighted by atomic mass is 10.3. The van der Waals surface area contributed by atoms with Crippen LogP contribution in [0.4, 0.5) is 0 Å². The third kappa shape index (κ3) is 5.05. The molecule has 0 bridgehead atoms. The van der Waals surface area contributed by atoms with Gasteiger partial charge in [-0.2, -0.15) is 0 Å². The van der Waals surface area contributed by atoms with E-state index in [-0.39, 0.29) is 0 Å². The first-order valence-corrected chi connectivity index (χ1v) is 18.9. The van der Waals surface area contributed by atoms with Crippen molar-refractivity contribution in [3.8, 4) is 0 Å². The first-order chi connectivity index (χ1) is 22.3. The Balaban J connectivity index is 1.60. The van der Waals surface area contributed by atoms with E-state index in [1.807, 2.05) is 12.1 Å². The van der Waals surface area contributed by atoms with Crippen LogP contribution in [-0.4, -0.2) is 8.07 Å². The van der Waals surface area contributed by atoms with Crippen molar-refractivity contribution in [3.63, 3.8) is 0 Å². The second-order valence-corrected chi connectivity index (χ2v) is 17.8. The molecule has 0 spiro atoms. The van der Waals surface area contributed by atoms with Crippen LogP contribution in [0.5, 0.6) is 0 Å². The van der Waals surface area contributed by atoms with E-state index < -0.39 is 18.1 Å². The summed E-state index contributed by atoms with van der Waals surface area (Å²) in [6.07, 6.45) is 16.7. The van der Waals surface area contributed by atoms with E-state index in [0.717, 1.165) is 16.2 Å². The van der Waals surface area contributed by atoms with Crippen molar-refractivity contribution in [3.05, 3.63) is 221 Å². The van der Waals surface area contributed by atoms with Crippen LogP contribution in [0.1, 0.15) is 6.42 Å². The maximum absolute atomic E-state index is 3.57. The maximum Gasteiger partial charge on any atom is 0.179 e. The summed E-state index contributed by atoms with van der Waals surface area (Å²) in [5, 5.41) is 5.43. The highest BCUT2D eigenvalue weighted by Gasteiger charge is 2.44. The topological polar surface area (TPSA) is 0 Å². The molecular weight excluding hydrogens is 577 g/mol. The molecule has 2 aliphatic carbocycles. The van der Waals surface area contributed by atoms with Gasteiger partial charge in [-0.1, -0.05) is 163 Å². The molecule has 0 radical (unpaired) electrons. The zero-order valence-electron chi connectivity index (χ0n) is 24.9. The van der Waals surface area contributed by atoms with Gasteiger partial charge in [-0.15, -0.1) is 10.0 Å². The van der Waals surface area contributed by atoms with Crippen LogP contribution in [-0.2, 0) is 0 Å². The number of allylic oxidation sites excluding steroid dienone is 8. The second-order valence-electron chi connectivity index (χ2n) is 10.9. The Labute approximate surface area is 269 Å². The third-order valence-corrected chi connectivity index (χ3v) is 17.0. The first-order valence-electron chi connectivity index (χ1n) is 15.3. The fourth-order valence-electron chi connectivity index (χ4n) is 6.57. The summed E-state index contributed by atoms with van der Waals surface area (Å²) in [6, 6.07) is 57.4. The van der Waals surface area contributed by atoms with Gasteiger partial charge in [0.15, 0.2) is 8.07 Å². The fourth-order valence-corrected chi connectivity index (χ4v) is 15.2. The van der Waals surface area contributed by atoms with Gasteiger partial charge in [0.25, 0.3) is 0 Å². The van der Waals surface area contributed by atoms with Crippen molar-refractivity contribution < 1.29 is 0 Å². The number of hydrogen-bond acceptors (Lipinski definition) is 0. The van der Waals surface area contributed by atoms with Gasteiger partial charge >= 0.3 is 0 Å². The summed E-state index contributed by atoms with van der Waals surface area (Å²) in [7, 11) is -4.77. The van der Waals surface area contributed by atoms with Gasteiger partial charge in [-0.25, -0.2) is 0 Å². The van der Waals surface area contributed by atoms with Crippen molar-refractivity contribution in [1.29, 1.82) is 0 Å². The number of rotatable bonds is 8. The summed E-state index contributed by atoms with van der Waals surface area (Å²) in [4.78, 5) is 4.75. The van der Waals surface area contributed by atoms with Crippen molar-refractivity contribution >= 4 is 33.7 Å². The van der Waals surface area contributed by atoms with Gasteiger partial charge in [0.05, 0.1) is 9.80 Å². The molecule has 0 N–H and O–H groups in total. The van der Waals surface area contributed by atoms with E-state index in [1.165, 1.54) is 30.6 Å². The van der Waals surface area contributed by atoms with Crippen LogP contribution in [0, 0.1) is 12.1 Å². The maximum atomic E-state index is 3.57. The molecule has 0 heterocycles. The minimum atomic E-state index is -2.77. The Morgan fingerprint density at radius 1 is 0.622 bits per heavy atom. The van der Waals surface area contributed by atoms with Crippen molar-refractivity contribution in [1.82, 2.24) is 0 Å². The van der Waals surface area contributed by atoms with E-state index in [0.29, 0.717) is 0 Å². The lowest BCUT2D eigenvalue weighted by Crippen LogP contribution is -2.68. The molecule has 2 aliphatic rings. The standard InChI is InChI=1S/C43H32SSi/c1-7-21-36(22-8-1)44(37-23-9-2-10-24-37,38-25-11-3-12-26-38)39-27-19-20-34-43(35-39)45(40-28-13-4-14-29-40,41-30-15-5-16-31-41)42-32-17-6-18-33-42/h1-9,11,13-18,20-23,25,27-35H,19H2. The third-order valence-electron chi connectivity index (χ3n) is 8.46. The van der Waals surface area contributed by atoms with Crippen LogP contribution >= 0.6 is 10.0 Å². The van der Waals surface area contributed by atoms with Gasteiger partial charge in [-0.05, 0) is 74.6 Å². The summed E-state index contributed by atoms with van der Waals surface area (Å²) in [5.74, 6) is 0. The average molecular weight is 609 g/mol. The van der Waals surface area contributed by atoms with Gasteiger partial charge in [0, 0.05) is 4.90 Å². The zero-order valence-corrected chi connectivity index (χ0v) is 26.8. The molecule has 0 amide bonds. The quantitative estimate of drug-likeness (QED) is 0.0939. The summed E-state index contributed by atoms with van der Waals surface area (Å²) in [5.41, 5.74) is 6.87. The average Bonchev–Trinajstić information content (AvgIpc) is 3.39. The van der Waals surface area contributed by atoms with Crippen LogP contribution < -0.4 is 15.6 Å². The molecule has 0 saturated heterocycles. The van der Waals surface area contributed by atoms with Gasteiger partial charge in [-0.3, -0.25) is 0 Å². The fraction of sp³-hybridized carbons (Fsp3) is 0.0233. The first kappa shape index (κ1) is 28.5. The van der Waals surface area contributed by atoms with Crippen molar-refractivity contribution in [2.45, 2.75) is 16.2 Å². The van der Waals surface area contributed by atoms with E-state index in [9.17, 15) is 0 Å². The van der Waals surface area contributed by atoms with Crippen LogP contribution in [0.25, 0.3) is 0 Å². The molecular formula is C43H32SSi. The molecule has 0 aromatic heterocycles. The smallest absolute Gasteiger partial charge is 0.118 e. The monoisotopic (exact) mass is 608 g/mol. The lowest BCUT2D eigenvalue weighted by molar-refractivity contribution is 1.35. The van der Waals surface area contributed by atoms with Gasteiger partial charge in [0.2, 0.25) is 0 Å². The molecule has 5 aromatic carbocycles. The van der Waals surface area contributed by atoms with Gasteiger partial charge < -0.3 is 0 Å². The Morgan fingerprint density at radius 2 is 1.22 bits per heavy atom. The van der Waals surface area contributed by atoms with E-state index >= 15 is 0 Å². The van der Waals surface area contributed by atoms with Crippen LogP contribution in [0.2, 0.25) is 0 Å². The Hall–Kier alpha value is -5.25. The molecule has 0 nitrogen and oxygen atoms in total. The predicted molar refractivity (Wildman–Crippen MR) is 193 cm³/mol. The highest BCUT2D eigenvalue weighted by atomic mass is 32.3. The summed E-state index contributed by atoms with van der Waals surface area (Å²) >= 11 is 0. The zero-order chi connectivity index (χ0) is 30.4. The van der Waals surface area contributed by atoms with Crippen LogP contribution in [0.15, 0.2) is 218 Å². The Morgan fingerprint density at radius 3 is 1.76 bits per heavy atom. The Kier molecular flexibility index (Phi) is 8.09. The largest absolute Gasteiger partial charge is 0.179 e. The molecule has 2 heteroatoms. The molecule has 214 valence electrons. The normalized spacial score (nSPS) is 14.5. The summed E-state index contributed by atoms with van der Waals surface area (Å²) < 4.78 is 0.